The van der Waals surface area contributed by atoms with Gasteiger partial charge in [-0.15, -0.1) is 0 Å². The van der Waals surface area contributed by atoms with Gasteiger partial charge in [0.2, 0.25) is 5.95 Å². The van der Waals surface area contributed by atoms with Gasteiger partial charge in [0.15, 0.2) is 0 Å². The summed E-state index contributed by atoms with van der Waals surface area (Å²) in [6, 6.07) is 3.73. The highest BCUT2D eigenvalue weighted by Gasteiger charge is 2.23. The zero-order chi connectivity index (χ0) is 10.7. The van der Waals surface area contributed by atoms with Gasteiger partial charge in [-0.1, -0.05) is 19.4 Å². The molecular formula is C13H18FN. The Bertz CT molecular complexity index is 316. The van der Waals surface area contributed by atoms with Crippen LogP contribution in [0.4, 0.5) is 4.39 Å². The third kappa shape index (κ3) is 2.36. The Morgan fingerprint density at radius 2 is 2.07 bits per heavy atom. The third-order valence-corrected chi connectivity index (χ3v) is 3.65. The molecule has 0 aliphatic heterocycles. The van der Waals surface area contributed by atoms with E-state index in [4.69, 9.17) is 0 Å². The smallest absolute Gasteiger partial charge is 0.216 e. The predicted octanol–water partition coefficient (Wildman–Crippen LogP) is 3.90. The zero-order valence-corrected chi connectivity index (χ0v) is 9.25. The maximum absolute atomic E-state index is 13.4. The number of pyridine rings is 1. The van der Waals surface area contributed by atoms with Crippen LogP contribution in [0.15, 0.2) is 18.3 Å². The van der Waals surface area contributed by atoms with Crippen LogP contribution in [0, 0.1) is 11.9 Å². The Kier molecular flexibility index (Phi) is 3.34. The van der Waals surface area contributed by atoms with Crippen LogP contribution in [0.25, 0.3) is 0 Å². The number of nitrogens with zero attached hydrogens (tertiary/aromatic N) is 1. The van der Waals surface area contributed by atoms with Gasteiger partial charge < -0.3 is 0 Å². The molecule has 0 saturated heterocycles. The lowest BCUT2D eigenvalue weighted by molar-refractivity contribution is 0.313. The Morgan fingerprint density at radius 1 is 1.33 bits per heavy atom. The Labute approximate surface area is 90.7 Å². The fraction of sp³-hybridized carbons (Fsp3) is 0.615. The van der Waals surface area contributed by atoms with Gasteiger partial charge in [0.25, 0.3) is 0 Å². The second-order valence-corrected chi connectivity index (χ2v) is 4.51. The molecule has 0 unspecified atom stereocenters. The molecule has 0 N–H and O–H groups in total. The van der Waals surface area contributed by atoms with E-state index < -0.39 is 0 Å². The molecule has 0 amide bonds. The second kappa shape index (κ2) is 4.73. The van der Waals surface area contributed by atoms with E-state index in [1.54, 1.807) is 0 Å². The van der Waals surface area contributed by atoms with Crippen LogP contribution in [0.5, 0.6) is 0 Å². The van der Waals surface area contributed by atoms with E-state index in [9.17, 15) is 4.39 Å². The van der Waals surface area contributed by atoms with E-state index in [0.717, 1.165) is 24.3 Å². The van der Waals surface area contributed by atoms with E-state index in [0.29, 0.717) is 5.92 Å². The van der Waals surface area contributed by atoms with Crippen molar-refractivity contribution in [3.63, 3.8) is 0 Å². The average Bonchev–Trinajstić information content (AvgIpc) is 2.30. The molecule has 1 aliphatic carbocycles. The highest BCUT2D eigenvalue weighted by Crippen LogP contribution is 2.37. The molecule has 82 valence electrons. The summed E-state index contributed by atoms with van der Waals surface area (Å²) < 4.78 is 13.4. The highest BCUT2D eigenvalue weighted by atomic mass is 19.1. The summed E-state index contributed by atoms with van der Waals surface area (Å²) in [7, 11) is 0. The maximum Gasteiger partial charge on any atom is 0.216 e. The van der Waals surface area contributed by atoms with E-state index in [1.807, 2.05) is 12.1 Å². The molecule has 1 nitrogen and oxygen atoms in total. The molecule has 2 heteroatoms. The lowest BCUT2D eigenvalue weighted by Crippen LogP contribution is -2.14. The fourth-order valence-corrected chi connectivity index (χ4v) is 2.58. The predicted molar refractivity (Wildman–Crippen MR) is 59.2 cm³/mol. The van der Waals surface area contributed by atoms with Gasteiger partial charge in [-0.25, -0.2) is 4.98 Å². The Hall–Kier alpha value is -0.920. The van der Waals surface area contributed by atoms with Crippen molar-refractivity contribution in [1.82, 2.24) is 4.98 Å². The van der Waals surface area contributed by atoms with Crippen LogP contribution < -0.4 is 0 Å². The molecular weight excluding hydrogens is 189 g/mol. The lowest BCUT2D eigenvalue weighted by Gasteiger charge is -2.27. The van der Waals surface area contributed by atoms with Crippen molar-refractivity contribution >= 4 is 0 Å². The average molecular weight is 207 g/mol. The molecule has 1 heterocycles. The van der Waals surface area contributed by atoms with Crippen molar-refractivity contribution in [1.29, 1.82) is 0 Å². The standard InChI is InChI=1S/C13H18FN/c1-2-10-5-7-11(8-6-10)12-4-3-9-15-13(12)14/h3-4,9-11H,2,5-8H2,1H3. The molecule has 1 aromatic heterocycles. The summed E-state index contributed by atoms with van der Waals surface area (Å²) in [5, 5.41) is 0. The molecule has 1 aliphatic rings. The van der Waals surface area contributed by atoms with E-state index in [2.05, 4.69) is 11.9 Å². The van der Waals surface area contributed by atoms with Crippen LogP contribution in [-0.4, -0.2) is 4.98 Å². The van der Waals surface area contributed by atoms with Gasteiger partial charge in [-0.2, -0.15) is 4.39 Å². The first-order chi connectivity index (χ1) is 7.31. The number of hydrogen-bond acceptors (Lipinski definition) is 1. The van der Waals surface area contributed by atoms with E-state index in [1.165, 1.54) is 25.5 Å². The third-order valence-electron chi connectivity index (χ3n) is 3.65. The van der Waals surface area contributed by atoms with Gasteiger partial charge >= 0.3 is 0 Å². The molecule has 0 atom stereocenters. The molecule has 1 saturated carbocycles. The van der Waals surface area contributed by atoms with Crippen LogP contribution in [0.2, 0.25) is 0 Å². The van der Waals surface area contributed by atoms with Crippen LogP contribution in [0.3, 0.4) is 0 Å². The summed E-state index contributed by atoms with van der Waals surface area (Å²) in [5.41, 5.74) is 0.826. The van der Waals surface area contributed by atoms with Crippen LogP contribution >= 0.6 is 0 Å². The molecule has 2 rings (SSSR count). The molecule has 15 heavy (non-hydrogen) atoms. The van der Waals surface area contributed by atoms with Gasteiger partial charge in [0.1, 0.15) is 0 Å². The summed E-state index contributed by atoms with van der Waals surface area (Å²) in [4.78, 5) is 3.73. The van der Waals surface area contributed by atoms with Crippen molar-refractivity contribution in [3.8, 4) is 0 Å². The molecule has 0 radical (unpaired) electrons. The second-order valence-electron chi connectivity index (χ2n) is 4.51. The highest BCUT2D eigenvalue weighted by molar-refractivity contribution is 5.17. The molecule has 0 bridgehead atoms. The molecule has 0 spiro atoms. The van der Waals surface area contributed by atoms with Gasteiger partial charge in [-0.3, -0.25) is 0 Å². The summed E-state index contributed by atoms with van der Waals surface area (Å²) in [5.74, 6) is 1.000. The Balaban J connectivity index is 2.04. The van der Waals surface area contributed by atoms with Gasteiger partial charge in [0.05, 0.1) is 0 Å². The monoisotopic (exact) mass is 207 g/mol. The topological polar surface area (TPSA) is 12.9 Å². The summed E-state index contributed by atoms with van der Waals surface area (Å²) in [6.07, 6.45) is 7.53. The number of rotatable bonds is 2. The molecule has 1 aromatic rings. The first-order valence-electron chi connectivity index (χ1n) is 5.91. The van der Waals surface area contributed by atoms with Crippen molar-refractivity contribution in [2.45, 2.75) is 44.9 Å². The largest absolute Gasteiger partial charge is 0.228 e. The molecule has 1 fully saturated rings. The van der Waals surface area contributed by atoms with Gasteiger partial charge in [-0.05, 0) is 43.6 Å². The first-order valence-corrected chi connectivity index (χ1v) is 5.91. The lowest BCUT2D eigenvalue weighted by atomic mass is 9.78. The van der Waals surface area contributed by atoms with E-state index >= 15 is 0 Å². The number of halogens is 1. The fourth-order valence-electron chi connectivity index (χ4n) is 2.58. The maximum atomic E-state index is 13.4. The molecule has 0 aromatic carbocycles. The van der Waals surface area contributed by atoms with Crippen molar-refractivity contribution in [2.24, 2.45) is 5.92 Å². The number of aromatic nitrogens is 1. The minimum Gasteiger partial charge on any atom is -0.228 e. The summed E-state index contributed by atoms with van der Waals surface area (Å²) >= 11 is 0. The zero-order valence-electron chi connectivity index (χ0n) is 9.25. The number of hydrogen-bond donors (Lipinski definition) is 0. The first kappa shape index (κ1) is 10.6. The van der Waals surface area contributed by atoms with Crippen molar-refractivity contribution in [2.75, 3.05) is 0 Å². The van der Waals surface area contributed by atoms with E-state index in [-0.39, 0.29) is 5.95 Å². The van der Waals surface area contributed by atoms with Crippen molar-refractivity contribution < 1.29 is 4.39 Å². The quantitative estimate of drug-likeness (QED) is 0.670. The minimum atomic E-state index is -0.266. The SMILES string of the molecule is CCC1CCC(c2cccnc2F)CC1. The normalized spacial score (nSPS) is 26.5. The van der Waals surface area contributed by atoms with Crippen LogP contribution in [-0.2, 0) is 0 Å². The Morgan fingerprint density at radius 3 is 2.67 bits per heavy atom. The van der Waals surface area contributed by atoms with Gasteiger partial charge in [0, 0.05) is 11.8 Å². The summed E-state index contributed by atoms with van der Waals surface area (Å²) in [6.45, 7) is 2.25. The minimum absolute atomic E-state index is 0.266. The van der Waals surface area contributed by atoms with Crippen LogP contribution in [0.1, 0.15) is 50.5 Å². The van der Waals surface area contributed by atoms with Crippen molar-refractivity contribution in [3.05, 3.63) is 29.8 Å².